The number of hydrogen-bond acceptors (Lipinski definition) is 3. The van der Waals surface area contributed by atoms with Crippen LogP contribution < -0.4 is 10.2 Å². The Kier molecular flexibility index (Phi) is 4.35. The van der Waals surface area contributed by atoms with Crippen molar-refractivity contribution in [2.24, 2.45) is 0 Å². The molecule has 1 heterocycles. The lowest BCUT2D eigenvalue weighted by molar-refractivity contribution is 0.627. The molecule has 0 unspecified atom stereocenters. The van der Waals surface area contributed by atoms with Crippen molar-refractivity contribution in [3.05, 3.63) is 52.9 Å². The fourth-order valence-corrected chi connectivity index (χ4v) is 2.17. The first kappa shape index (κ1) is 13.8. The van der Waals surface area contributed by atoms with Gasteiger partial charge >= 0.3 is 0 Å². The zero-order chi connectivity index (χ0) is 13.8. The van der Waals surface area contributed by atoms with E-state index in [2.05, 4.69) is 10.3 Å². The summed E-state index contributed by atoms with van der Waals surface area (Å²) >= 11 is 6.21. The molecule has 100 valence electrons. The van der Waals surface area contributed by atoms with Gasteiger partial charge in [-0.05, 0) is 30.8 Å². The summed E-state index contributed by atoms with van der Waals surface area (Å²) in [5.74, 6) is 0.230. The van der Waals surface area contributed by atoms with Crippen molar-refractivity contribution in [1.29, 1.82) is 0 Å². The molecule has 0 spiro atoms. The summed E-state index contributed by atoms with van der Waals surface area (Å²) in [5, 5.41) is 3.53. The molecular weight excluding hydrogens is 265 g/mol. The Morgan fingerprint density at radius 1 is 1.37 bits per heavy atom. The van der Waals surface area contributed by atoms with Crippen molar-refractivity contribution in [2.45, 2.75) is 6.54 Å². The highest BCUT2D eigenvalue weighted by atomic mass is 35.5. The summed E-state index contributed by atoms with van der Waals surface area (Å²) in [6.07, 6.45) is 1.73. The van der Waals surface area contributed by atoms with E-state index in [1.54, 1.807) is 36.3 Å². The fraction of sp³-hybridized carbons (Fsp3) is 0.214. The van der Waals surface area contributed by atoms with E-state index in [0.717, 1.165) is 5.56 Å². The molecule has 1 aromatic carbocycles. The van der Waals surface area contributed by atoms with Crippen molar-refractivity contribution < 1.29 is 4.39 Å². The van der Waals surface area contributed by atoms with Gasteiger partial charge in [-0.25, -0.2) is 9.37 Å². The zero-order valence-electron chi connectivity index (χ0n) is 10.8. The molecule has 0 saturated heterocycles. The average molecular weight is 280 g/mol. The second-order valence-corrected chi connectivity index (χ2v) is 4.60. The van der Waals surface area contributed by atoms with Crippen molar-refractivity contribution in [1.82, 2.24) is 10.3 Å². The van der Waals surface area contributed by atoms with Gasteiger partial charge in [0, 0.05) is 19.8 Å². The number of benzene rings is 1. The molecule has 2 aromatic rings. The lowest BCUT2D eigenvalue weighted by Crippen LogP contribution is -2.14. The molecule has 0 radical (unpaired) electrons. The molecule has 0 saturated carbocycles. The lowest BCUT2D eigenvalue weighted by atomic mass is 10.2. The van der Waals surface area contributed by atoms with E-state index in [1.807, 2.05) is 13.1 Å². The summed E-state index contributed by atoms with van der Waals surface area (Å²) < 4.78 is 13.7. The predicted molar refractivity (Wildman–Crippen MR) is 76.5 cm³/mol. The average Bonchev–Trinajstić information content (AvgIpc) is 2.39. The summed E-state index contributed by atoms with van der Waals surface area (Å²) in [6, 6.07) is 8.36. The predicted octanol–water partition coefficient (Wildman–Crippen LogP) is 3.36. The normalized spacial score (nSPS) is 10.5. The minimum absolute atomic E-state index is 0.304. The van der Waals surface area contributed by atoms with Crippen LogP contribution in [0, 0.1) is 5.82 Å². The molecule has 19 heavy (non-hydrogen) atoms. The van der Waals surface area contributed by atoms with Crippen molar-refractivity contribution >= 4 is 23.1 Å². The van der Waals surface area contributed by atoms with Gasteiger partial charge in [0.1, 0.15) is 5.82 Å². The first-order chi connectivity index (χ1) is 9.13. The van der Waals surface area contributed by atoms with Gasteiger partial charge in [-0.15, -0.1) is 0 Å². The monoisotopic (exact) mass is 279 g/mol. The summed E-state index contributed by atoms with van der Waals surface area (Å²) in [4.78, 5) is 5.94. The highest BCUT2D eigenvalue weighted by Crippen LogP contribution is 2.30. The van der Waals surface area contributed by atoms with Gasteiger partial charge < -0.3 is 10.2 Å². The number of hydrogen-bond donors (Lipinski definition) is 1. The number of rotatable bonds is 4. The molecule has 0 aliphatic carbocycles. The summed E-state index contributed by atoms with van der Waals surface area (Å²) in [6.45, 7) is 0.691. The third kappa shape index (κ3) is 3.03. The maximum atomic E-state index is 13.7. The standard InChI is InChI=1S/C14H15ClFN3/c1-17-8-10-7-11(15)14(18-9-10)19(2)13-6-4-3-5-12(13)16/h3-7,9,17H,8H2,1-2H3. The van der Waals surface area contributed by atoms with Crippen LogP contribution in [0.4, 0.5) is 15.9 Å². The van der Waals surface area contributed by atoms with Gasteiger partial charge in [-0.3, -0.25) is 0 Å². The maximum Gasteiger partial charge on any atom is 0.151 e. The lowest BCUT2D eigenvalue weighted by Gasteiger charge is -2.20. The molecule has 0 aliphatic rings. The van der Waals surface area contributed by atoms with Crippen molar-refractivity contribution in [2.75, 3.05) is 19.0 Å². The van der Waals surface area contributed by atoms with Crippen LogP contribution in [0.5, 0.6) is 0 Å². The molecular formula is C14H15ClFN3. The van der Waals surface area contributed by atoms with Crippen LogP contribution in [-0.2, 0) is 6.54 Å². The second-order valence-electron chi connectivity index (χ2n) is 4.19. The van der Waals surface area contributed by atoms with Crippen LogP contribution in [0.25, 0.3) is 0 Å². The number of para-hydroxylation sites is 1. The second kappa shape index (κ2) is 5.99. The van der Waals surface area contributed by atoms with Crippen LogP contribution >= 0.6 is 11.6 Å². The molecule has 2 rings (SSSR count). The number of anilines is 2. The zero-order valence-corrected chi connectivity index (χ0v) is 11.6. The van der Waals surface area contributed by atoms with E-state index in [0.29, 0.717) is 23.1 Å². The largest absolute Gasteiger partial charge is 0.326 e. The highest BCUT2D eigenvalue weighted by molar-refractivity contribution is 6.33. The number of nitrogens with one attached hydrogen (secondary N) is 1. The van der Waals surface area contributed by atoms with E-state index in [4.69, 9.17) is 11.6 Å². The summed E-state index contributed by atoms with van der Waals surface area (Å²) in [7, 11) is 3.59. The van der Waals surface area contributed by atoms with Crippen molar-refractivity contribution in [3.8, 4) is 0 Å². The van der Waals surface area contributed by atoms with Gasteiger partial charge in [0.25, 0.3) is 0 Å². The minimum atomic E-state index is -0.304. The Bertz CT molecular complexity index is 574. The minimum Gasteiger partial charge on any atom is -0.326 e. The van der Waals surface area contributed by atoms with Crippen LogP contribution in [0.1, 0.15) is 5.56 Å². The van der Waals surface area contributed by atoms with Gasteiger partial charge in [0.05, 0.1) is 10.7 Å². The Morgan fingerprint density at radius 3 is 2.74 bits per heavy atom. The Hall–Kier alpha value is -1.65. The fourth-order valence-electron chi connectivity index (χ4n) is 1.86. The van der Waals surface area contributed by atoms with Gasteiger partial charge in [-0.2, -0.15) is 0 Å². The number of aromatic nitrogens is 1. The van der Waals surface area contributed by atoms with Crippen LogP contribution in [0.3, 0.4) is 0 Å². The molecule has 1 aromatic heterocycles. The van der Waals surface area contributed by atoms with Gasteiger partial charge in [0.2, 0.25) is 0 Å². The highest BCUT2D eigenvalue weighted by Gasteiger charge is 2.13. The Balaban J connectivity index is 2.34. The van der Waals surface area contributed by atoms with Crippen LogP contribution in [0.15, 0.2) is 36.5 Å². The van der Waals surface area contributed by atoms with Crippen LogP contribution in [-0.4, -0.2) is 19.1 Å². The smallest absolute Gasteiger partial charge is 0.151 e. The van der Waals surface area contributed by atoms with Gasteiger partial charge in [0.15, 0.2) is 5.82 Å². The third-order valence-corrected chi connectivity index (χ3v) is 3.07. The topological polar surface area (TPSA) is 28.2 Å². The van der Waals surface area contributed by atoms with Gasteiger partial charge in [-0.1, -0.05) is 23.7 Å². The Labute approximate surface area is 117 Å². The molecule has 0 atom stereocenters. The van der Waals surface area contributed by atoms with E-state index in [1.165, 1.54) is 6.07 Å². The molecule has 0 amide bonds. The van der Waals surface area contributed by atoms with E-state index < -0.39 is 0 Å². The number of pyridine rings is 1. The molecule has 1 N–H and O–H groups in total. The maximum absolute atomic E-state index is 13.7. The molecule has 0 fully saturated rings. The third-order valence-electron chi connectivity index (χ3n) is 2.79. The van der Waals surface area contributed by atoms with E-state index in [-0.39, 0.29) is 5.82 Å². The van der Waals surface area contributed by atoms with Crippen molar-refractivity contribution in [3.63, 3.8) is 0 Å². The molecule has 3 nitrogen and oxygen atoms in total. The first-order valence-corrected chi connectivity index (χ1v) is 6.28. The first-order valence-electron chi connectivity index (χ1n) is 5.90. The molecule has 0 bridgehead atoms. The van der Waals surface area contributed by atoms with Crippen LogP contribution in [0.2, 0.25) is 5.02 Å². The quantitative estimate of drug-likeness (QED) is 0.930. The van der Waals surface area contributed by atoms with E-state index in [9.17, 15) is 4.39 Å². The van der Waals surface area contributed by atoms with E-state index >= 15 is 0 Å². The Morgan fingerprint density at radius 2 is 2.11 bits per heavy atom. The molecule has 0 aliphatic heterocycles. The SMILES string of the molecule is CNCc1cnc(N(C)c2ccccc2F)c(Cl)c1. The number of nitrogens with zero attached hydrogens (tertiary/aromatic N) is 2. The summed E-state index contributed by atoms with van der Waals surface area (Å²) in [5.41, 5.74) is 1.43. The molecule has 5 heteroatoms. The number of halogens is 2.